The summed E-state index contributed by atoms with van der Waals surface area (Å²) in [6.45, 7) is 10.3. The van der Waals surface area contributed by atoms with E-state index in [-0.39, 0.29) is 22.9 Å². The molecule has 0 spiro atoms. The van der Waals surface area contributed by atoms with Crippen molar-refractivity contribution in [2.45, 2.75) is 51.0 Å². The van der Waals surface area contributed by atoms with Gasteiger partial charge in [0, 0.05) is 4.47 Å². The molecule has 0 radical (unpaired) electrons. The summed E-state index contributed by atoms with van der Waals surface area (Å²) in [5, 5.41) is 2.94. The lowest BCUT2D eigenvalue weighted by Gasteiger charge is -2.25. The van der Waals surface area contributed by atoms with Crippen LogP contribution in [0.25, 0.3) is 0 Å². The number of nitrogens with zero attached hydrogens (tertiary/aromatic N) is 1. The van der Waals surface area contributed by atoms with Crippen LogP contribution in [-0.4, -0.2) is 27.5 Å². The van der Waals surface area contributed by atoms with E-state index in [1.165, 1.54) is 17.7 Å². The summed E-state index contributed by atoms with van der Waals surface area (Å²) >= 11 is 3.34. The third-order valence-corrected chi connectivity index (χ3v) is 8.10. The van der Waals surface area contributed by atoms with Crippen LogP contribution in [0.3, 0.4) is 0 Å². The molecule has 0 aromatic heterocycles. The predicted octanol–water partition coefficient (Wildman–Crippen LogP) is 6.22. The molecule has 36 heavy (non-hydrogen) atoms. The standard InChI is InChI=1S/C28H33BrN2O4S/c1-6-35-25-15-13-24(14-16-25)31(36(33,34)26-17-11-23(29)12-18-26)19-27(32)30-20(2)21-7-9-22(10-8-21)28(3,4)5/h7-18,20H,6,19H2,1-5H3,(H,30,32)/t20-/m0/s1. The lowest BCUT2D eigenvalue weighted by Crippen LogP contribution is -2.41. The van der Waals surface area contributed by atoms with Crippen LogP contribution < -0.4 is 14.4 Å². The van der Waals surface area contributed by atoms with Gasteiger partial charge in [0.15, 0.2) is 0 Å². The lowest BCUT2D eigenvalue weighted by atomic mass is 9.86. The number of hydrogen-bond acceptors (Lipinski definition) is 4. The van der Waals surface area contributed by atoms with Gasteiger partial charge in [-0.3, -0.25) is 9.10 Å². The van der Waals surface area contributed by atoms with Crippen molar-refractivity contribution < 1.29 is 17.9 Å². The summed E-state index contributed by atoms with van der Waals surface area (Å²) in [5.41, 5.74) is 2.55. The molecule has 1 amide bonds. The number of sulfonamides is 1. The minimum atomic E-state index is -4.00. The molecule has 192 valence electrons. The molecule has 3 rings (SSSR count). The number of carbonyl (C=O) groups is 1. The first-order valence-electron chi connectivity index (χ1n) is 11.8. The van der Waals surface area contributed by atoms with E-state index < -0.39 is 15.9 Å². The molecule has 0 aliphatic heterocycles. The van der Waals surface area contributed by atoms with Gasteiger partial charge in [-0.1, -0.05) is 61.0 Å². The molecule has 3 aromatic rings. The summed E-state index contributed by atoms with van der Waals surface area (Å²) in [7, 11) is -4.00. The van der Waals surface area contributed by atoms with E-state index >= 15 is 0 Å². The Hall–Kier alpha value is -2.84. The molecule has 0 saturated carbocycles. The average molecular weight is 574 g/mol. The van der Waals surface area contributed by atoms with Crippen molar-refractivity contribution in [2.24, 2.45) is 0 Å². The Balaban J connectivity index is 1.85. The van der Waals surface area contributed by atoms with Gasteiger partial charge in [0.05, 0.1) is 23.2 Å². The average Bonchev–Trinajstić information content (AvgIpc) is 2.83. The van der Waals surface area contributed by atoms with Crippen molar-refractivity contribution in [3.05, 3.63) is 88.4 Å². The van der Waals surface area contributed by atoms with Crippen molar-refractivity contribution in [3.8, 4) is 5.75 Å². The molecule has 0 bridgehead atoms. The topological polar surface area (TPSA) is 75.7 Å². The van der Waals surface area contributed by atoms with Gasteiger partial charge >= 0.3 is 0 Å². The second-order valence-corrected chi connectivity index (χ2v) is 12.3. The summed E-state index contributed by atoms with van der Waals surface area (Å²) in [6, 6.07) is 20.8. The maximum atomic E-state index is 13.6. The van der Waals surface area contributed by atoms with Crippen molar-refractivity contribution in [1.82, 2.24) is 5.32 Å². The van der Waals surface area contributed by atoms with Crippen molar-refractivity contribution in [1.29, 1.82) is 0 Å². The van der Waals surface area contributed by atoms with Crippen LogP contribution in [0.2, 0.25) is 0 Å². The summed E-state index contributed by atoms with van der Waals surface area (Å²) in [5.74, 6) is 0.219. The Labute approximate surface area is 222 Å². The Kier molecular flexibility index (Phi) is 8.84. The molecule has 0 unspecified atom stereocenters. The highest BCUT2D eigenvalue weighted by Gasteiger charge is 2.28. The molecule has 0 heterocycles. The van der Waals surface area contributed by atoms with Crippen molar-refractivity contribution in [3.63, 3.8) is 0 Å². The molecule has 0 aliphatic carbocycles. The molecular weight excluding hydrogens is 540 g/mol. The fourth-order valence-corrected chi connectivity index (χ4v) is 5.38. The van der Waals surface area contributed by atoms with Crippen LogP contribution in [0.15, 0.2) is 82.2 Å². The van der Waals surface area contributed by atoms with E-state index in [1.807, 2.05) is 26.0 Å². The smallest absolute Gasteiger partial charge is 0.264 e. The second-order valence-electron chi connectivity index (χ2n) is 9.55. The third-order valence-electron chi connectivity index (χ3n) is 5.78. The highest BCUT2D eigenvalue weighted by atomic mass is 79.9. The van der Waals surface area contributed by atoms with E-state index in [9.17, 15) is 13.2 Å². The number of carbonyl (C=O) groups excluding carboxylic acids is 1. The SMILES string of the molecule is CCOc1ccc(N(CC(=O)N[C@@H](C)c2ccc(C(C)(C)C)cc2)S(=O)(=O)c2ccc(Br)cc2)cc1. The van der Waals surface area contributed by atoms with Gasteiger partial charge in [0.25, 0.3) is 10.0 Å². The number of nitrogens with one attached hydrogen (secondary N) is 1. The largest absolute Gasteiger partial charge is 0.494 e. The van der Waals surface area contributed by atoms with Crippen molar-refractivity contribution in [2.75, 3.05) is 17.5 Å². The summed E-state index contributed by atoms with van der Waals surface area (Å²) in [6.07, 6.45) is 0. The van der Waals surface area contributed by atoms with E-state index in [0.717, 1.165) is 14.3 Å². The summed E-state index contributed by atoms with van der Waals surface area (Å²) in [4.78, 5) is 13.2. The zero-order valence-electron chi connectivity index (χ0n) is 21.3. The van der Waals surface area contributed by atoms with Gasteiger partial charge in [-0.15, -0.1) is 0 Å². The second kappa shape index (κ2) is 11.5. The van der Waals surface area contributed by atoms with E-state index in [2.05, 4.69) is 54.2 Å². The number of benzene rings is 3. The monoisotopic (exact) mass is 572 g/mol. The Morgan fingerprint density at radius 1 is 0.972 bits per heavy atom. The third kappa shape index (κ3) is 6.89. The number of hydrogen-bond donors (Lipinski definition) is 1. The molecule has 1 N–H and O–H groups in total. The first-order chi connectivity index (χ1) is 16.9. The van der Waals surface area contributed by atoms with Crippen LogP contribution in [-0.2, 0) is 20.2 Å². The van der Waals surface area contributed by atoms with Crippen molar-refractivity contribution >= 4 is 37.5 Å². The van der Waals surface area contributed by atoms with Crippen LogP contribution in [0.4, 0.5) is 5.69 Å². The van der Waals surface area contributed by atoms with Gasteiger partial charge in [-0.2, -0.15) is 0 Å². The molecule has 0 saturated heterocycles. The van der Waals surface area contributed by atoms with E-state index in [1.54, 1.807) is 36.4 Å². The van der Waals surface area contributed by atoms with E-state index in [0.29, 0.717) is 18.0 Å². The van der Waals surface area contributed by atoms with Gasteiger partial charge < -0.3 is 10.1 Å². The molecule has 3 aromatic carbocycles. The fraction of sp³-hybridized carbons (Fsp3) is 0.321. The van der Waals surface area contributed by atoms with E-state index in [4.69, 9.17) is 4.74 Å². The Morgan fingerprint density at radius 3 is 2.08 bits per heavy atom. The first-order valence-corrected chi connectivity index (χ1v) is 14.1. The molecule has 0 fully saturated rings. The number of anilines is 1. The highest BCUT2D eigenvalue weighted by molar-refractivity contribution is 9.10. The van der Waals surface area contributed by atoms with Crippen LogP contribution in [0, 0.1) is 0 Å². The lowest BCUT2D eigenvalue weighted by molar-refractivity contribution is -0.120. The quantitative estimate of drug-likeness (QED) is 0.330. The summed E-state index contributed by atoms with van der Waals surface area (Å²) < 4.78 is 34.5. The number of halogens is 1. The van der Waals surface area contributed by atoms with Gasteiger partial charge in [0.2, 0.25) is 5.91 Å². The highest BCUT2D eigenvalue weighted by Crippen LogP contribution is 2.27. The first kappa shape index (κ1) is 27.7. The molecule has 8 heteroatoms. The minimum Gasteiger partial charge on any atom is -0.494 e. The van der Waals surface area contributed by atoms with Crippen LogP contribution >= 0.6 is 15.9 Å². The number of amides is 1. The molecular formula is C28H33BrN2O4S. The Morgan fingerprint density at radius 2 is 1.56 bits per heavy atom. The van der Waals surface area contributed by atoms with Crippen LogP contribution in [0.5, 0.6) is 5.75 Å². The van der Waals surface area contributed by atoms with Gasteiger partial charge in [0.1, 0.15) is 12.3 Å². The number of ether oxygens (including phenoxy) is 1. The minimum absolute atomic E-state index is 0.0324. The number of rotatable bonds is 9. The zero-order valence-corrected chi connectivity index (χ0v) is 23.7. The van der Waals surface area contributed by atoms with Crippen LogP contribution in [0.1, 0.15) is 51.8 Å². The molecule has 6 nitrogen and oxygen atoms in total. The molecule has 1 atom stereocenters. The fourth-order valence-electron chi connectivity index (χ4n) is 3.70. The Bertz CT molecular complexity index is 1270. The molecule has 0 aliphatic rings. The maximum absolute atomic E-state index is 13.6. The predicted molar refractivity (Wildman–Crippen MR) is 148 cm³/mol. The van der Waals surface area contributed by atoms with Gasteiger partial charge in [-0.25, -0.2) is 8.42 Å². The van der Waals surface area contributed by atoms with Gasteiger partial charge in [-0.05, 0) is 78.9 Å². The maximum Gasteiger partial charge on any atom is 0.264 e. The zero-order chi connectivity index (χ0) is 26.5. The normalized spacial score (nSPS) is 12.6.